The monoisotopic (exact) mass is 295 g/mol. The fourth-order valence-electron chi connectivity index (χ4n) is 1.54. The molecule has 0 aliphatic carbocycles. The molecule has 3 heteroatoms. The third kappa shape index (κ3) is 2.53. The molecule has 0 radical (unpaired) electrons. The minimum atomic E-state index is 0.586. The second-order valence-electron chi connectivity index (χ2n) is 4.04. The summed E-state index contributed by atoms with van der Waals surface area (Å²) in [5.41, 5.74) is 3.65. The van der Waals surface area contributed by atoms with Crippen molar-refractivity contribution in [2.24, 2.45) is 0 Å². The summed E-state index contributed by atoms with van der Waals surface area (Å²) in [6.07, 6.45) is 0. The van der Waals surface area contributed by atoms with E-state index in [2.05, 4.69) is 64.4 Å². The molecule has 0 atom stereocenters. The highest BCUT2D eigenvalue weighted by atomic mass is 79.9. The van der Waals surface area contributed by atoms with E-state index in [0.29, 0.717) is 5.92 Å². The second kappa shape index (κ2) is 5.11. The van der Waals surface area contributed by atoms with E-state index in [4.69, 9.17) is 0 Å². The Morgan fingerprint density at radius 2 is 1.94 bits per heavy atom. The number of alkyl halides is 1. The first-order valence-corrected chi connectivity index (χ1v) is 7.31. The number of thiazole rings is 1. The first-order chi connectivity index (χ1) is 7.70. The molecule has 0 fully saturated rings. The molecule has 0 saturated heterocycles. The number of halogens is 1. The van der Waals surface area contributed by atoms with Crippen LogP contribution >= 0.6 is 27.3 Å². The Hall–Kier alpha value is -0.670. The molecule has 0 saturated carbocycles. The van der Waals surface area contributed by atoms with Gasteiger partial charge >= 0.3 is 0 Å². The van der Waals surface area contributed by atoms with Gasteiger partial charge in [-0.25, -0.2) is 4.98 Å². The van der Waals surface area contributed by atoms with Crippen molar-refractivity contribution in [1.29, 1.82) is 0 Å². The van der Waals surface area contributed by atoms with Gasteiger partial charge in [-0.2, -0.15) is 0 Å². The minimum Gasteiger partial charge on any atom is -0.240 e. The van der Waals surface area contributed by atoms with Crippen molar-refractivity contribution in [3.63, 3.8) is 0 Å². The zero-order valence-corrected chi connectivity index (χ0v) is 11.8. The van der Waals surface area contributed by atoms with Gasteiger partial charge in [0.2, 0.25) is 0 Å². The Balaban J connectivity index is 2.27. The highest BCUT2D eigenvalue weighted by Gasteiger charge is 2.04. The van der Waals surface area contributed by atoms with E-state index < -0.39 is 0 Å². The fraction of sp³-hybridized carbons (Fsp3) is 0.308. The molecule has 0 aliphatic heterocycles. The molecule has 0 spiro atoms. The Bertz CT molecular complexity index is 459. The molecule has 0 amide bonds. The van der Waals surface area contributed by atoms with Gasteiger partial charge in [0.05, 0.1) is 11.0 Å². The molecular formula is C13H14BrNS. The molecule has 1 aromatic heterocycles. The number of hydrogen-bond donors (Lipinski definition) is 0. The second-order valence-corrected chi connectivity index (χ2v) is 5.54. The molecule has 84 valence electrons. The Morgan fingerprint density at radius 1 is 1.25 bits per heavy atom. The lowest BCUT2D eigenvalue weighted by Gasteiger charge is -2.05. The summed E-state index contributed by atoms with van der Waals surface area (Å²) in [5, 5.41) is 4.07. The van der Waals surface area contributed by atoms with Gasteiger partial charge in [0, 0.05) is 10.9 Å². The van der Waals surface area contributed by atoms with Crippen LogP contribution in [0.25, 0.3) is 11.3 Å². The molecule has 1 aromatic carbocycles. The maximum atomic E-state index is 4.55. The summed E-state index contributed by atoms with van der Waals surface area (Å²) in [5.74, 6) is 0.586. The Labute approximate surface area is 109 Å². The van der Waals surface area contributed by atoms with Gasteiger partial charge in [-0.1, -0.05) is 54.0 Å². The lowest BCUT2D eigenvalue weighted by Crippen LogP contribution is -1.86. The number of nitrogens with zero attached hydrogens (tertiary/aromatic N) is 1. The predicted octanol–water partition coefficient (Wildman–Crippen LogP) is 4.83. The van der Waals surface area contributed by atoms with Crippen molar-refractivity contribution >= 4 is 27.3 Å². The van der Waals surface area contributed by atoms with Crippen LogP contribution in [0, 0.1) is 0 Å². The molecule has 2 rings (SSSR count). The zero-order valence-electron chi connectivity index (χ0n) is 9.40. The average molecular weight is 296 g/mol. The zero-order chi connectivity index (χ0) is 11.5. The van der Waals surface area contributed by atoms with Crippen LogP contribution in [-0.2, 0) is 5.33 Å². The van der Waals surface area contributed by atoms with Gasteiger partial charge in [-0.15, -0.1) is 11.3 Å². The molecule has 1 nitrogen and oxygen atoms in total. The van der Waals surface area contributed by atoms with E-state index in [1.807, 2.05) is 0 Å². The van der Waals surface area contributed by atoms with E-state index in [9.17, 15) is 0 Å². The molecule has 0 N–H and O–H groups in total. The third-order valence-corrected chi connectivity index (χ3v) is 4.29. The van der Waals surface area contributed by atoms with Gasteiger partial charge in [0.1, 0.15) is 5.01 Å². The molecule has 16 heavy (non-hydrogen) atoms. The highest BCUT2D eigenvalue weighted by molar-refractivity contribution is 9.08. The van der Waals surface area contributed by atoms with Gasteiger partial charge in [0.25, 0.3) is 0 Å². The fourth-order valence-corrected chi connectivity index (χ4v) is 2.72. The van der Waals surface area contributed by atoms with E-state index in [0.717, 1.165) is 16.0 Å². The van der Waals surface area contributed by atoms with Gasteiger partial charge in [-0.05, 0) is 11.5 Å². The smallest absolute Gasteiger partial charge is 0.104 e. The maximum Gasteiger partial charge on any atom is 0.104 e. The van der Waals surface area contributed by atoms with Crippen molar-refractivity contribution in [1.82, 2.24) is 4.98 Å². The van der Waals surface area contributed by atoms with Crippen molar-refractivity contribution in [2.45, 2.75) is 25.1 Å². The number of hydrogen-bond acceptors (Lipinski definition) is 2. The molecule has 1 heterocycles. The van der Waals surface area contributed by atoms with Crippen LogP contribution in [0.1, 0.15) is 30.3 Å². The van der Waals surface area contributed by atoms with E-state index in [-0.39, 0.29) is 0 Å². The molecule has 0 unspecified atom stereocenters. The quantitative estimate of drug-likeness (QED) is 0.739. The summed E-state index contributed by atoms with van der Waals surface area (Å²) in [7, 11) is 0. The number of aromatic nitrogens is 1. The summed E-state index contributed by atoms with van der Waals surface area (Å²) in [6.45, 7) is 4.42. The minimum absolute atomic E-state index is 0.586. The average Bonchev–Trinajstić information content (AvgIpc) is 2.77. The molecular weight excluding hydrogens is 282 g/mol. The molecule has 0 aliphatic rings. The van der Waals surface area contributed by atoms with E-state index >= 15 is 0 Å². The SMILES string of the molecule is CC(C)c1ccc(-c2csc(CBr)n2)cc1. The van der Waals surface area contributed by atoms with Crippen molar-refractivity contribution in [2.75, 3.05) is 0 Å². The number of benzene rings is 1. The lowest BCUT2D eigenvalue weighted by atomic mass is 10.0. The normalized spacial score (nSPS) is 11.0. The van der Waals surface area contributed by atoms with Crippen molar-refractivity contribution < 1.29 is 0 Å². The van der Waals surface area contributed by atoms with Gasteiger partial charge < -0.3 is 0 Å². The topological polar surface area (TPSA) is 12.9 Å². The van der Waals surface area contributed by atoms with Crippen LogP contribution in [0.5, 0.6) is 0 Å². The molecule has 0 bridgehead atoms. The van der Waals surface area contributed by atoms with Crippen molar-refractivity contribution in [3.8, 4) is 11.3 Å². The summed E-state index contributed by atoms with van der Waals surface area (Å²) < 4.78 is 0. The Morgan fingerprint density at radius 3 is 2.44 bits per heavy atom. The van der Waals surface area contributed by atoms with Crippen LogP contribution in [0.3, 0.4) is 0 Å². The van der Waals surface area contributed by atoms with Crippen LogP contribution in [-0.4, -0.2) is 4.98 Å². The van der Waals surface area contributed by atoms with Crippen LogP contribution in [0.15, 0.2) is 29.6 Å². The summed E-state index contributed by atoms with van der Waals surface area (Å²) in [6, 6.07) is 8.69. The van der Waals surface area contributed by atoms with Crippen LogP contribution in [0.2, 0.25) is 0 Å². The van der Waals surface area contributed by atoms with Crippen LogP contribution < -0.4 is 0 Å². The third-order valence-electron chi connectivity index (χ3n) is 2.54. The Kier molecular flexibility index (Phi) is 3.77. The van der Waals surface area contributed by atoms with E-state index in [1.54, 1.807) is 11.3 Å². The first-order valence-electron chi connectivity index (χ1n) is 5.31. The largest absolute Gasteiger partial charge is 0.240 e. The highest BCUT2D eigenvalue weighted by Crippen LogP contribution is 2.24. The number of rotatable bonds is 3. The first kappa shape index (κ1) is 11.8. The predicted molar refractivity (Wildman–Crippen MR) is 74.3 cm³/mol. The van der Waals surface area contributed by atoms with Crippen molar-refractivity contribution in [3.05, 3.63) is 40.2 Å². The standard InChI is InChI=1S/C13H14BrNS/c1-9(2)10-3-5-11(6-4-10)12-8-16-13(7-14)15-12/h3-6,8-9H,7H2,1-2H3. The lowest BCUT2D eigenvalue weighted by molar-refractivity contribution is 0.867. The summed E-state index contributed by atoms with van der Waals surface area (Å²) >= 11 is 5.12. The molecule has 2 aromatic rings. The summed E-state index contributed by atoms with van der Waals surface area (Å²) in [4.78, 5) is 4.55. The van der Waals surface area contributed by atoms with Crippen LogP contribution in [0.4, 0.5) is 0 Å². The van der Waals surface area contributed by atoms with Gasteiger partial charge in [0.15, 0.2) is 0 Å². The maximum absolute atomic E-state index is 4.55. The van der Waals surface area contributed by atoms with E-state index in [1.165, 1.54) is 11.1 Å². The van der Waals surface area contributed by atoms with Gasteiger partial charge in [-0.3, -0.25) is 0 Å².